The van der Waals surface area contributed by atoms with Crippen molar-refractivity contribution in [3.8, 4) is 0 Å². The fourth-order valence-corrected chi connectivity index (χ4v) is 4.74. The predicted octanol–water partition coefficient (Wildman–Crippen LogP) is 0.650. The van der Waals surface area contributed by atoms with Gasteiger partial charge in [0.25, 0.3) is 0 Å². The third-order valence-corrected chi connectivity index (χ3v) is 6.57. The second kappa shape index (κ2) is 5.04. The Balaban J connectivity index is 1.54. The molecule has 118 valence electrons. The van der Waals surface area contributed by atoms with Crippen molar-refractivity contribution in [2.75, 3.05) is 31.5 Å². The van der Waals surface area contributed by atoms with Crippen LogP contribution < -0.4 is 5.32 Å². The number of sulfonamides is 1. The summed E-state index contributed by atoms with van der Waals surface area (Å²) in [6.07, 6.45) is 2.76. The molecule has 0 spiro atoms. The molecule has 1 N–H and O–H groups in total. The lowest BCUT2D eigenvalue weighted by molar-refractivity contribution is -0.115. The van der Waals surface area contributed by atoms with E-state index >= 15 is 0 Å². The summed E-state index contributed by atoms with van der Waals surface area (Å²) in [7, 11) is -3.46. The van der Waals surface area contributed by atoms with E-state index in [1.807, 2.05) is 0 Å². The zero-order valence-electron chi connectivity index (χ0n) is 12.3. The van der Waals surface area contributed by atoms with Crippen molar-refractivity contribution < 1.29 is 13.2 Å². The van der Waals surface area contributed by atoms with E-state index in [0.29, 0.717) is 24.0 Å². The van der Waals surface area contributed by atoms with Crippen LogP contribution in [0.15, 0.2) is 23.1 Å². The molecule has 1 amide bonds. The molecule has 0 unspecified atom stereocenters. The topological polar surface area (TPSA) is 69.7 Å². The van der Waals surface area contributed by atoms with E-state index in [9.17, 15) is 13.2 Å². The van der Waals surface area contributed by atoms with Crippen LogP contribution in [0.2, 0.25) is 0 Å². The summed E-state index contributed by atoms with van der Waals surface area (Å²) in [6, 6.07) is 5.60. The van der Waals surface area contributed by atoms with Gasteiger partial charge in [-0.25, -0.2) is 8.42 Å². The predicted molar refractivity (Wildman–Crippen MR) is 82.1 cm³/mol. The minimum Gasteiger partial charge on any atom is -0.326 e. The monoisotopic (exact) mass is 321 g/mol. The average Bonchev–Trinajstić information content (AvgIpc) is 3.28. The molecule has 2 fully saturated rings. The molecule has 7 heteroatoms. The van der Waals surface area contributed by atoms with Crippen LogP contribution >= 0.6 is 0 Å². The summed E-state index contributed by atoms with van der Waals surface area (Å²) in [5.74, 6) is -0.0809. The molecule has 0 bridgehead atoms. The largest absolute Gasteiger partial charge is 0.326 e. The van der Waals surface area contributed by atoms with Gasteiger partial charge in [0.15, 0.2) is 0 Å². The number of piperazine rings is 1. The number of nitrogens with zero attached hydrogens (tertiary/aromatic N) is 2. The Morgan fingerprint density at radius 3 is 2.50 bits per heavy atom. The molecule has 1 aromatic rings. The highest BCUT2D eigenvalue weighted by Gasteiger charge is 2.35. The van der Waals surface area contributed by atoms with Crippen molar-refractivity contribution in [2.45, 2.75) is 30.2 Å². The van der Waals surface area contributed by atoms with E-state index < -0.39 is 10.0 Å². The van der Waals surface area contributed by atoms with Crippen LogP contribution in [0.1, 0.15) is 18.4 Å². The van der Waals surface area contributed by atoms with Gasteiger partial charge in [0.05, 0.1) is 11.3 Å². The Labute approximate surface area is 130 Å². The summed E-state index contributed by atoms with van der Waals surface area (Å²) >= 11 is 0. The summed E-state index contributed by atoms with van der Waals surface area (Å²) < 4.78 is 27.1. The van der Waals surface area contributed by atoms with E-state index in [-0.39, 0.29) is 12.3 Å². The normalized spacial score (nSPS) is 23.4. The Hall–Kier alpha value is -1.44. The maximum Gasteiger partial charge on any atom is 0.243 e. The van der Waals surface area contributed by atoms with Gasteiger partial charge in [0.1, 0.15) is 0 Å². The van der Waals surface area contributed by atoms with E-state index in [2.05, 4.69) is 10.2 Å². The molecule has 2 heterocycles. The summed E-state index contributed by atoms with van der Waals surface area (Å²) in [6.45, 7) is 2.73. The molecule has 1 saturated heterocycles. The van der Waals surface area contributed by atoms with Gasteiger partial charge in [-0.3, -0.25) is 9.69 Å². The van der Waals surface area contributed by atoms with E-state index in [0.717, 1.165) is 24.3 Å². The molecule has 0 aromatic heterocycles. The molecule has 3 aliphatic rings. The number of anilines is 1. The van der Waals surface area contributed by atoms with E-state index in [4.69, 9.17) is 0 Å². The standard InChI is InChI=1S/C15H19N3O3S/c19-15-10-11-9-13(3-4-14(11)16-15)22(20,21)18-7-5-17(6-8-18)12-1-2-12/h3-4,9,12H,1-2,5-8,10H2,(H,16,19). The van der Waals surface area contributed by atoms with Gasteiger partial charge >= 0.3 is 0 Å². The molecule has 0 radical (unpaired) electrons. The fraction of sp³-hybridized carbons (Fsp3) is 0.533. The fourth-order valence-electron chi connectivity index (χ4n) is 3.26. The Bertz CT molecular complexity index is 720. The molecule has 1 saturated carbocycles. The van der Waals surface area contributed by atoms with Crippen LogP contribution in [-0.4, -0.2) is 55.8 Å². The number of rotatable bonds is 3. The lowest BCUT2D eigenvalue weighted by Gasteiger charge is -2.34. The molecule has 0 atom stereocenters. The number of nitrogens with one attached hydrogen (secondary N) is 1. The van der Waals surface area contributed by atoms with E-state index in [1.165, 1.54) is 12.8 Å². The first-order valence-electron chi connectivity index (χ1n) is 7.71. The second-order valence-electron chi connectivity index (χ2n) is 6.22. The van der Waals surface area contributed by atoms with Crippen LogP contribution in [0.5, 0.6) is 0 Å². The second-order valence-corrected chi connectivity index (χ2v) is 8.15. The van der Waals surface area contributed by atoms with Gasteiger partial charge in [-0.15, -0.1) is 0 Å². The van der Waals surface area contributed by atoms with Crippen LogP contribution in [0.4, 0.5) is 5.69 Å². The first kappa shape index (κ1) is 14.2. The highest BCUT2D eigenvalue weighted by molar-refractivity contribution is 7.89. The third kappa shape index (κ3) is 2.43. The van der Waals surface area contributed by atoms with Gasteiger partial charge in [0.2, 0.25) is 15.9 Å². The molecule has 4 rings (SSSR count). The zero-order valence-corrected chi connectivity index (χ0v) is 13.1. The van der Waals surface area contributed by atoms with Crippen molar-refractivity contribution >= 4 is 21.6 Å². The van der Waals surface area contributed by atoms with E-state index in [1.54, 1.807) is 22.5 Å². The minimum absolute atomic E-state index is 0.0809. The van der Waals surface area contributed by atoms with Crippen molar-refractivity contribution in [1.82, 2.24) is 9.21 Å². The highest BCUT2D eigenvalue weighted by atomic mass is 32.2. The molecular formula is C15H19N3O3S. The maximum absolute atomic E-state index is 12.8. The Kier molecular flexibility index (Phi) is 3.25. The van der Waals surface area contributed by atoms with Gasteiger partial charge in [-0.05, 0) is 36.6 Å². The lowest BCUT2D eigenvalue weighted by Crippen LogP contribution is -2.49. The molecule has 1 aliphatic carbocycles. The Morgan fingerprint density at radius 2 is 1.82 bits per heavy atom. The van der Waals surface area contributed by atoms with Gasteiger partial charge in [-0.2, -0.15) is 4.31 Å². The van der Waals surface area contributed by atoms with Crippen molar-refractivity contribution in [3.05, 3.63) is 23.8 Å². The molecule has 6 nitrogen and oxygen atoms in total. The first-order valence-corrected chi connectivity index (χ1v) is 9.15. The first-order chi connectivity index (χ1) is 10.5. The van der Waals surface area contributed by atoms with Gasteiger partial charge in [-0.1, -0.05) is 0 Å². The number of benzene rings is 1. The third-order valence-electron chi connectivity index (χ3n) is 4.68. The smallest absolute Gasteiger partial charge is 0.243 e. The summed E-state index contributed by atoms with van der Waals surface area (Å²) in [4.78, 5) is 14.1. The molecule has 22 heavy (non-hydrogen) atoms. The van der Waals surface area contributed by atoms with Gasteiger partial charge < -0.3 is 5.32 Å². The average molecular weight is 321 g/mol. The lowest BCUT2D eigenvalue weighted by atomic mass is 10.2. The van der Waals surface area contributed by atoms with Crippen LogP contribution in [0, 0.1) is 0 Å². The number of carbonyl (C=O) groups excluding carboxylic acids is 1. The van der Waals surface area contributed by atoms with Crippen LogP contribution in [-0.2, 0) is 21.2 Å². The maximum atomic E-state index is 12.8. The highest BCUT2D eigenvalue weighted by Crippen LogP contribution is 2.30. The SMILES string of the molecule is O=C1Cc2cc(S(=O)(=O)N3CCN(C4CC4)CC3)ccc2N1. The van der Waals surface area contributed by atoms with Crippen LogP contribution in [0.3, 0.4) is 0 Å². The Morgan fingerprint density at radius 1 is 1.09 bits per heavy atom. The van der Waals surface area contributed by atoms with Crippen molar-refractivity contribution in [2.24, 2.45) is 0 Å². The quantitative estimate of drug-likeness (QED) is 0.887. The minimum atomic E-state index is -3.46. The number of hydrogen-bond acceptors (Lipinski definition) is 4. The van der Waals surface area contributed by atoms with Crippen molar-refractivity contribution in [1.29, 1.82) is 0 Å². The molecular weight excluding hydrogens is 302 g/mol. The van der Waals surface area contributed by atoms with Gasteiger partial charge in [0, 0.05) is 37.9 Å². The number of amides is 1. The number of carbonyl (C=O) groups is 1. The number of fused-ring (bicyclic) bond motifs is 1. The summed E-state index contributed by atoms with van der Waals surface area (Å²) in [5.41, 5.74) is 1.49. The molecule has 2 aliphatic heterocycles. The molecule has 1 aromatic carbocycles. The zero-order chi connectivity index (χ0) is 15.3. The number of hydrogen-bond donors (Lipinski definition) is 1. The van der Waals surface area contributed by atoms with Crippen molar-refractivity contribution in [3.63, 3.8) is 0 Å². The summed E-state index contributed by atoms with van der Waals surface area (Å²) in [5, 5.41) is 2.73. The van der Waals surface area contributed by atoms with Crippen LogP contribution in [0.25, 0.3) is 0 Å².